The molecule has 0 N–H and O–H groups in total. The molecule has 0 aromatic rings. The molecule has 54 valence electrons. The van der Waals surface area contributed by atoms with Crippen LogP contribution in [0.4, 0.5) is 0 Å². The van der Waals surface area contributed by atoms with Gasteiger partial charge in [0.05, 0.1) is 26.4 Å². The van der Waals surface area contributed by atoms with Gasteiger partial charge in [-0.05, 0) is 0 Å². The molecular weight excluding hydrogens is 140 g/mol. The third-order valence-corrected chi connectivity index (χ3v) is 1.73. The first-order chi connectivity index (χ1) is 4.43. The number of hydrogen-bond donors (Lipinski definition) is 0. The van der Waals surface area contributed by atoms with Gasteiger partial charge in [0.1, 0.15) is 0 Å². The zero-order valence-corrected chi connectivity index (χ0v) is 6.06. The van der Waals surface area contributed by atoms with Gasteiger partial charge in [-0.25, -0.2) is 0 Å². The summed E-state index contributed by atoms with van der Waals surface area (Å²) in [6.45, 7) is 2.94. The molecule has 0 aromatic carbocycles. The van der Waals surface area contributed by atoms with E-state index >= 15 is 0 Å². The van der Waals surface area contributed by atoms with E-state index in [0.717, 1.165) is 13.2 Å². The third-order valence-electron chi connectivity index (χ3n) is 1.30. The molecular formula is C6H11ClO2. The number of halogens is 1. The van der Waals surface area contributed by atoms with Crippen LogP contribution in [-0.2, 0) is 9.47 Å². The molecule has 0 spiro atoms. The van der Waals surface area contributed by atoms with E-state index in [1.165, 1.54) is 0 Å². The van der Waals surface area contributed by atoms with Gasteiger partial charge in [-0.2, -0.15) is 0 Å². The van der Waals surface area contributed by atoms with Gasteiger partial charge in [0.2, 0.25) is 0 Å². The van der Waals surface area contributed by atoms with Crippen molar-refractivity contribution in [2.75, 3.05) is 32.3 Å². The first-order valence-corrected chi connectivity index (χ1v) is 3.68. The van der Waals surface area contributed by atoms with Crippen molar-refractivity contribution in [2.45, 2.75) is 0 Å². The Morgan fingerprint density at radius 3 is 2.22 bits per heavy atom. The minimum absolute atomic E-state index is 0.397. The Kier molecular flexibility index (Phi) is 3.33. The van der Waals surface area contributed by atoms with Crippen molar-refractivity contribution in [1.82, 2.24) is 0 Å². The summed E-state index contributed by atoms with van der Waals surface area (Å²) in [4.78, 5) is 0. The maximum absolute atomic E-state index is 5.59. The molecule has 0 amide bonds. The Morgan fingerprint density at radius 1 is 1.22 bits per heavy atom. The Morgan fingerprint density at radius 2 is 1.78 bits per heavy atom. The first-order valence-electron chi connectivity index (χ1n) is 3.15. The average molecular weight is 151 g/mol. The van der Waals surface area contributed by atoms with E-state index in [9.17, 15) is 0 Å². The Labute approximate surface area is 60.1 Å². The van der Waals surface area contributed by atoms with E-state index in [-0.39, 0.29) is 0 Å². The van der Waals surface area contributed by atoms with Crippen LogP contribution in [0.2, 0.25) is 0 Å². The molecule has 1 fully saturated rings. The van der Waals surface area contributed by atoms with Crippen LogP contribution in [0.25, 0.3) is 0 Å². The van der Waals surface area contributed by atoms with Crippen LogP contribution in [0.5, 0.6) is 0 Å². The minimum atomic E-state index is 0.397. The van der Waals surface area contributed by atoms with Gasteiger partial charge >= 0.3 is 0 Å². The van der Waals surface area contributed by atoms with E-state index in [2.05, 4.69) is 0 Å². The SMILES string of the molecule is ClCC1COCCOC1. The van der Waals surface area contributed by atoms with Crippen molar-refractivity contribution in [3.63, 3.8) is 0 Å². The number of alkyl halides is 1. The van der Waals surface area contributed by atoms with Gasteiger partial charge in [-0.1, -0.05) is 0 Å². The Hall–Kier alpha value is 0.210. The fraction of sp³-hybridized carbons (Fsp3) is 1.00. The summed E-state index contributed by atoms with van der Waals surface area (Å²) >= 11 is 5.59. The fourth-order valence-electron chi connectivity index (χ4n) is 0.755. The molecule has 2 nitrogen and oxygen atoms in total. The molecule has 0 unspecified atom stereocenters. The standard InChI is InChI=1S/C6H11ClO2/c7-3-6-4-8-1-2-9-5-6/h6H,1-5H2. The largest absolute Gasteiger partial charge is 0.379 e. The van der Waals surface area contributed by atoms with Gasteiger partial charge in [0.15, 0.2) is 0 Å². The van der Waals surface area contributed by atoms with Crippen molar-refractivity contribution in [2.24, 2.45) is 5.92 Å². The minimum Gasteiger partial charge on any atom is -0.379 e. The van der Waals surface area contributed by atoms with Crippen molar-refractivity contribution in [1.29, 1.82) is 0 Å². The van der Waals surface area contributed by atoms with Crippen LogP contribution in [0.15, 0.2) is 0 Å². The Bertz CT molecular complexity index is 69.5. The zero-order chi connectivity index (χ0) is 6.53. The molecule has 1 rings (SSSR count). The lowest BCUT2D eigenvalue weighted by Gasteiger charge is -2.06. The second-order valence-corrected chi connectivity index (χ2v) is 2.48. The molecule has 3 heteroatoms. The maximum atomic E-state index is 5.59. The lowest BCUT2D eigenvalue weighted by atomic mass is 10.2. The Balaban J connectivity index is 2.18. The predicted molar refractivity (Wildman–Crippen MR) is 35.8 cm³/mol. The van der Waals surface area contributed by atoms with Crippen LogP contribution in [0.1, 0.15) is 0 Å². The van der Waals surface area contributed by atoms with E-state index in [0.29, 0.717) is 25.0 Å². The van der Waals surface area contributed by atoms with Crippen LogP contribution in [-0.4, -0.2) is 32.3 Å². The lowest BCUT2D eigenvalue weighted by molar-refractivity contribution is 0.103. The monoisotopic (exact) mass is 150 g/mol. The van der Waals surface area contributed by atoms with Gasteiger partial charge in [0, 0.05) is 11.8 Å². The molecule has 1 aliphatic heterocycles. The van der Waals surface area contributed by atoms with Crippen LogP contribution in [0.3, 0.4) is 0 Å². The highest BCUT2D eigenvalue weighted by Gasteiger charge is 2.10. The molecule has 1 aliphatic rings. The van der Waals surface area contributed by atoms with Crippen LogP contribution >= 0.6 is 11.6 Å². The highest BCUT2D eigenvalue weighted by Crippen LogP contribution is 2.04. The smallest absolute Gasteiger partial charge is 0.0700 e. The predicted octanol–water partition coefficient (Wildman–Crippen LogP) is 0.888. The second-order valence-electron chi connectivity index (χ2n) is 2.17. The number of hydrogen-bond acceptors (Lipinski definition) is 2. The van der Waals surface area contributed by atoms with E-state index in [4.69, 9.17) is 21.1 Å². The number of rotatable bonds is 1. The zero-order valence-electron chi connectivity index (χ0n) is 5.31. The molecule has 0 aliphatic carbocycles. The van der Waals surface area contributed by atoms with Crippen LogP contribution < -0.4 is 0 Å². The summed E-state index contributed by atoms with van der Waals surface area (Å²) in [5, 5.41) is 0. The first kappa shape index (κ1) is 7.32. The molecule has 1 saturated heterocycles. The number of ether oxygens (including phenoxy) is 2. The topological polar surface area (TPSA) is 18.5 Å². The molecule has 0 saturated carbocycles. The average Bonchev–Trinajstić information content (AvgIpc) is 2.13. The quantitative estimate of drug-likeness (QED) is 0.517. The second kappa shape index (κ2) is 4.09. The van der Waals surface area contributed by atoms with E-state index in [1.54, 1.807) is 0 Å². The van der Waals surface area contributed by atoms with E-state index in [1.807, 2.05) is 0 Å². The summed E-state index contributed by atoms with van der Waals surface area (Å²) < 4.78 is 10.4. The van der Waals surface area contributed by atoms with Crippen molar-refractivity contribution in [3.8, 4) is 0 Å². The highest BCUT2D eigenvalue weighted by molar-refractivity contribution is 6.18. The van der Waals surface area contributed by atoms with Crippen molar-refractivity contribution < 1.29 is 9.47 Å². The summed E-state index contributed by atoms with van der Waals surface area (Å²) in [6, 6.07) is 0. The third kappa shape index (κ3) is 2.52. The lowest BCUT2D eigenvalue weighted by Crippen LogP contribution is -2.13. The van der Waals surface area contributed by atoms with Gasteiger partial charge in [0.25, 0.3) is 0 Å². The molecule has 0 aromatic heterocycles. The fourth-order valence-corrected chi connectivity index (χ4v) is 0.933. The molecule has 0 atom stereocenters. The highest BCUT2D eigenvalue weighted by atomic mass is 35.5. The normalized spacial score (nSPS) is 23.7. The maximum Gasteiger partial charge on any atom is 0.0700 e. The van der Waals surface area contributed by atoms with Crippen molar-refractivity contribution in [3.05, 3.63) is 0 Å². The molecule has 0 bridgehead atoms. The van der Waals surface area contributed by atoms with Gasteiger partial charge in [-0.15, -0.1) is 11.6 Å². The molecule has 0 radical (unpaired) electrons. The van der Waals surface area contributed by atoms with Crippen LogP contribution in [0, 0.1) is 5.92 Å². The summed E-state index contributed by atoms with van der Waals surface area (Å²) in [7, 11) is 0. The van der Waals surface area contributed by atoms with Gasteiger partial charge < -0.3 is 9.47 Å². The molecule has 1 heterocycles. The molecule has 9 heavy (non-hydrogen) atoms. The summed E-state index contributed by atoms with van der Waals surface area (Å²) in [6.07, 6.45) is 0. The van der Waals surface area contributed by atoms with Crippen molar-refractivity contribution >= 4 is 11.6 Å². The van der Waals surface area contributed by atoms with E-state index < -0.39 is 0 Å². The summed E-state index contributed by atoms with van der Waals surface area (Å²) in [5.74, 6) is 1.04. The van der Waals surface area contributed by atoms with Gasteiger partial charge in [-0.3, -0.25) is 0 Å². The summed E-state index contributed by atoms with van der Waals surface area (Å²) in [5.41, 5.74) is 0.